The minimum absolute atomic E-state index is 0.105. The van der Waals surface area contributed by atoms with E-state index in [1.165, 1.54) is 0 Å². The minimum atomic E-state index is -1.21. The topological polar surface area (TPSA) is 96.0 Å². The quantitative estimate of drug-likeness (QED) is 0.615. The van der Waals surface area contributed by atoms with E-state index >= 15 is 0 Å². The summed E-state index contributed by atoms with van der Waals surface area (Å²) in [5.41, 5.74) is 6.63. The summed E-state index contributed by atoms with van der Waals surface area (Å²) < 4.78 is 0. The number of amides is 1. The lowest BCUT2D eigenvalue weighted by Gasteiger charge is -2.09. The normalized spacial score (nSPS) is 15.5. The van der Waals surface area contributed by atoms with Crippen LogP contribution >= 0.6 is 0 Å². The molecule has 5 heteroatoms. The summed E-state index contributed by atoms with van der Waals surface area (Å²) in [6, 6.07) is 8.30. The molecule has 1 amide bonds. The molecule has 5 nitrogen and oxygen atoms in total. The van der Waals surface area contributed by atoms with Gasteiger partial charge in [0, 0.05) is 17.3 Å². The highest BCUT2D eigenvalue weighted by Gasteiger charge is 2.38. The molecule has 0 radical (unpaired) electrons. The molecule has 2 rings (SSSR count). The number of rotatable bonds is 4. The van der Waals surface area contributed by atoms with E-state index in [0.29, 0.717) is 11.4 Å². The van der Waals surface area contributed by atoms with Gasteiger partial charge >= 0.3 is 0 Å². The number of hydrogen-bond acceptors (Lipinski definition) is 4. The van der Waals surface area contributed by atoms with Crippen LogP contribution in [0.25, 0.3) is 0 Å². The summed E-state index contributed by atoms with van der Waals surface area (Å²) in [4.78, 5) is 23.5. The van der Waals surface area contributed by atoms with Crippen LogP contribution in [0.5, 0.6) is 0 Å². The van der Waals surface area contributed by atoms with E-state index in [2.05, 4.69) is 5.32 Å². The zero-order valence-electron chi connectivity index (χ0n) is 9.72. The highest BCUT2D eigenvalue weighted by atomic mass is 16.2. The molecule has 3 N–H and O–H groups in total. The Hall–Kier alpha value is -2.35. The maximum Gasteiger partial charge on any atom is 0.249 e. The number of Topliss-reactive ketones (excluding diaryl/α,β-unsaturated/α-hetero) is 1. The zero-order valence-corrected chi connectivity index (χ0v) is 9.72. The molecule has 0 aliphatic heterocycles. The third-order valence-electron chi connectivity index (χ3n) is 2.83. The molecular weight excluding hydrogens is 230 g/mol. The highest BCUT2D eigenvalue weighted by molar-refractivity contribution is 6.10. The summed E-state index contributed by atoms with van der Waals surface area (Å²) in [6.07, 6.45) is 1.57. The van der Waals surface area contributed by atoms with Gasteiger partial charge in [0.25, 0.3) is 0 Å². The number of hydrogen-bond donors (Lipinski definition) is 2. The second kappa shape index (κ2) is 4.88. The number of carbonyl (C=O) groups is 2. The van der Waals surface area contributed by atoms with Gasteiger partial charge in [-0.3, -0.25) is 9.59 Å². The monoisotopic (exact) mass is 243 g/mol. The van der Waals surface area contributed by atoms with Crippen LogP contribution in [0.1, 0.15) is 12.8 Å². The number of ketones is 1. The molecule has 0 spiro atoms. The third-order valence-corrected chi connectivity index (χ3v) is 2.83. The lowest BCUT2D eigenvalue weighted by atomic mass is 10.0. The molecule has 1 aliphatic rings. The van der Waals surface area contributed by atoms with E-state index in [1.807, 2.05) is 0 Å². The highest BCUT2D eigenvalue weighted by Crippen LogP contribution is 2.32. The van der Waals surface area contributed by atoms with Crippen molar-refractivity contribution in [1.29, 1.82) is 5.26 Å². The van der Waals surface area contributed by atoms with Gasteiger partial charge in [0.1, 0.15) is 0 Å². The zero-order chi connectivity index (χ0) is 13.1. The number of anilines is 2. The predicted molar refractivity (Wildman–Crippen MR) is 66.3 cm³/mol. The van der Waals surface area contributed by atoms with Gasteiger partial charge in [0.15, 0.2) is 11.7 Å². The van der Waals surface area contributed by atoms with E-state index < -0.39 is 11.8 Å². The SMILES string of the molecule is N#CC(C(=O)Nc1ccc(N)cc1)C(=O)C1CC1. The fourth-order valence-electron chi connectivity index (χ4n) is 1.64. The largest absolute Gasteiger partial charge is 0.399 e. The number of nitrogens with two attached hydrogens (primary N) is 1. The Balaban J connectivity index is 2.03. The van der Waals surface area contributed by atoms with Gasteiger partial charge in [-0.15, -0.1) is 0 Å². The van der Waals surface area contributed by atoms with Gasteiger partial charge in [-0.2, -0.15) is 5.26 Å². The lowest BCUT2D eigenvalue weighted by Crippen LogP contribution is -2.29. The molecule has 0 aromatic heterocycles. The Morgan fingerprint density at radius 3 is 2.44 bits per heavy atom. The lowest BCUT2D eigenvalue weighted by molar-refractivity contribution is -0.129. The van der Waals surface area contributed by atoms with E-state index in [1.54, 1.807) is 30.3 Å². The molecular formula is C13H13N3O2. The summed E-state index contributed by atoms with van der Waals surface area (Å²) >= 11 is 0. The van der Waals surface area contributed by atoms with Gasteiger partial charge in [-0.1, -0.05) is 0 Å². The van der Waals surface area contributed by atoms with Gasteiger partial charge in [-0.05, 0) is 37.1 Å². The summed E-state index contributed by atoms with van der Waals surface area (Å²) in [5.74, 6) is -2.16. The maximum atomic E-state index is 11.8. The van der Waals surface area contributed by atoms with Gasteiger partial charge < -0.3 is 11.1 Å². The van der Waals surface area contributed by atoms with E-state index in [-0.39, 0.29) is 11.7 Å². The van der Waals surface area contributed by atoms with Crippen LogP contribution in [0.15, 0.2) is 24.3 Å². The molecule has 1 saturated carbocycles. The van der Waals surface area contributed by atoms with E-state index in [9.17, 15) is 9.59 Å². The van der Waals surface area contributed by atoms with Crippen molar-refractivity contribution in [3.63, 3.8) is 0 Å². The molecule has 1 unspecified atom stereocenters. The standard InChI is InChI=1S/C13H13N3O2/c14-7-11(12(17)8-1-2-8)13(18)16-10-5-3-9(15)4-6-10/h3-6,8,11H,1-2,15H2,(H,16,18). The minimum Gasteiger partial charge on any atom is -0.399 e. The molecule has 1 aromatic carbocycles. The average Bonchev–Trinajstić information content (AvgIpc) is 3.17. The van der Waals surface area contributed by atoms with Crippen LogP contribution in [0, 0.1) is 23.2 Å². The smallest absolute Gasteiger partial charge is 0.249 e. The van der Waals surface area contributed by atoms with E-state index in [0.717, 1.165) is 12.8 Å². The predicted octanol–water partition coefficient (Wildman–Crippen LogP) is 1.33. The van der Waals surface area contributed by atoms with Gasteiger partial charge in [-0.25, -0.2) is 0 Å². The van der Waals surface area contributed by atoms with Crippen molar-refractivity contribution in [2.24, 2.45) is 11.8 Å². The van der Waals surface area contributed by atoms with Crippen LogP contribution in [0.2, 0.25) is 0 Å². The molecule has 18 heavy (non-hydrogen) atoms. The van der Waals surface area contributed by atoms with Crippen molar-refractivity contribution in [2.75, 3.05) is 11.1 Å². The fraction of sp³-hybridized carbons (Fsp3) is 0.308. The second-order valence-corrected chi connectivity index (χ2v) is 4.35. The molecule has 1 atom stereocenters. The Morgan fingerprint density at radius 2 is 1.94 bits per heavy atom. The first-order valence-corrected chi connectivity index (χ1v) is 5.71. The maximum absolute atomic E-state index is 11.8. The molecule has 1 fully saturated rings. The van der Waals surface area contributed by atoms with Crippen LogP contribution in [-0.2, 0) is 9.59 Å². The Kier molecular flexibility index (Phi) is 3.28. The van der Waals surface area contributed by atoms with Gasteiger partial charge in [0.05, 0.1) is 6.07 Å². The number of nitrogen functional groups attached to an aromatic ring is 1. The fourth-order valence-corrected chi connectivity index (χ4v) is 1.64. The van der Waals surface area contributed by atoms with Gasteiger partial charge in [0.2, 0.25) is 5.91 Å². The van der Waals surface area contributed by atoms with Crippen molar-refractivity contribution < 1.29 is 9.59 Å². The number of nitriles is 1. The average molecular weight is 243 g/mol. The molecule has 92 valence electrons. The van der Waals surface area contributed by atoms with Crippen LogP contribution in [-0.4, -0.2) is 11.7 Å². The van der Waals surface area contributed by atoms with Crippen molar-refractivity contribution in [3.05, 3.63) is 24.3 Å². The Labute approximate surface area is 105 Å². The first-order valence-electron chi connectivity index (χ1n) is 5.71. The van der Waals surface area contributed by atoms with Crippen LogP contribution < -0.4 is 11.1 Å². The van der Waals surface area contributed by atoms with E-state index in [4.69, 9.17) is 11.0 Å². The summed E-state index contributed by atoms with van der Waals surface area (Å²) in [6.45, 7) is 0. The van der Waals surface area contributed by atoms with Crippen molar-refractivity contribution in [3.8, 4) is 6.07 Å². The Morgan fingerprint density at radius 1 is 1.33 bits per heavy atom. The summed E-state index contributed by atoms with van der Waals surface area (Å²) in [5, 5.41) is 11.5. The number of nitrogens with zero attached hydrogens (tertiary/aromatic N) is 1. The Bertz CT molecular complexity index is 512. The first-order chi connectivity index (χ1) is 8.61. The molecule has 1 aromatic rings. The summed E-state index contributed by atoms with van der Waals surface area (Å²) in [7, 11) is 0. The molecule has 1 aliphatic carbocycles. The third kappa shape index (κ3) is 2.66. The molecule has 0 saturated heterocycles. The van der Waals surface area contributed by atoms with Crippen LogP contribution in [0.4, 0.5) is 11.4 Å². The van der Waals surface area contributed by atoms with Crippen molar-refractivity contribution in [2.45, 2.75) is 12.8 Å². The number of benzene rings is 1. The number of nitrogens with one attached hydrogen (secondary N) is 1. The van der Waals surface area contributed by atoms with Crippen molar-refractivity contribution >= 4 is 23.1 Å². The second-order valence-electron chi connectivity index (χ2n) is 4.35. The van der Waals surface area contributed by atoms with Crippen LogP contribution in [0.3, 0.4) is 0 Å². The first kappa shape index (κ1) is 12.1. The molecule has 0 heterocycles. The molecule has 0 bridgehead atoms. The van der Waals surface area contributed by atoms with Crippen molar-refractivity contribution in [1.82, 2.24) is 0 Å². The number of carbonyl (C=O) groups excluding carboxylic acids is 2.